The summed E-state index contributed by atoms with van der Waals surface area (Å²) in [6.45, 7) is 7.22. The molecule has 33 heavy (non-hydrogen) atoms. The molecular weight excluding hydrogens is 432 g/mol. The molecule has 1 aliphatic rings. The highest BCUT2D eigenvalue weighted by molar-refractivity contribution is 7.80. The molecule has 4 rings (SSSR count). The summed E-state index contributed by atoms with van der Waals surface area (Å²) in [5, 5.41) is 8.50. The van der Waals surface area contributed by atoms with Gasteiger partial charge in [-0.2, -0.15) is 4.98 Å². The Morgan fingerprint density at radius 1 is 1.15 bits per heavy atom. The molecule has 2 heterocycles. The molecule has 1 aromatic heterocycles. The van der Waals surface area contributed by atoms with Gasteiger partial charge in [-0.1, -0.05) is 61.8 Å². The second kappa shape index (κ2) is 10.2. The number of nitrogens with zero attached hydrogens (tertiary/aromatic N) is 3. The first-order valence-corrected chi connectivity index (χ1v) is 11.8. The maximum atomic E-state index is 5.82. The van der Waals surface area contributed by atoms with E-state index in [1.54, 1.807) is 7.11 Å². The first kappa shape index (κ1) is 23.0. The molecule has 0 saturated carbocycles. The zero-order chi connectivity index (χ0) is 23.4. The second-order valence-corrected chi connectivity index (χ2v) is 8.52. The molecule has 1 atom stereocenters. The number of rotatable bonds is 8. The van der Waals surface area contributed by atoms with Gasteiger partial charge in [-0.3, -0.25) is 0 Å². The van der Waals surface area contributed by atoms with Crippen LogP contribution >= 0.6 is 12.2 Å². The number of thiocarbonyl (C=S) groups is 1. The Kier molecular flexibility index (Phi) is 7.08. The third kappa shape index (κ3) is 4.78. The summed E-state index contributed by atoms with van der Waals surface area (Å²) in [5.74, 6) is 1.85. The SMILES string of the molecule is CCCCN1C(=S)NC(c2cccc(OC)c2)C(c2nc(-c3ccc(CC)cc3)no2)=C1C. The van der Waals surface area contributed by atoms with E-state index in [1.807, 2.05) is 30.3 Å². The normalized spacial score (nSPS) is 16.2. The van der Waals surface area contributed by atoms with Crippen LogP contribution in [0.25, 0.3) is 17.0 Å². The number of aryl methyl sites for hydroxylation is 1. The first-order chi connectivity index (χ1) is 16.0. The number of methoxy groups -OCH3 is 1. The predicted molar refractivity (Wildman–Crippen MR) is 135 cm³/mol. The Hall–Kier alpha value is -3.19. The zero-order valence-corrected chi connectivity index (χ0v) is 20.4. The van der Waals surface area contributed by atoms with Crippen LogP contribution in [-0.2, 0) is 6.42 Å². The number of allylic oxidation sites excluding steroid dienone is 1. The van der Waals surface area contributed by atoms with Crippen LogP contribution in [-0.4, -0.2) is 33.8 Å². The largest absolute Gasteiger partial charge is 0.497 e. The third-order valence-corrected chi connectivity index (χ3v) is 6.37. The van der Waals surface area contributed by atoms with Crippen molar-refractivity contribution < 1.29 is 9.26 Å². The maximum Gasteiger partial charge on any atom is 0.258 e. The van der Waals surface area contributed by atoms with Crippen molar-refractivity contribution in [3.8, 4) is 17.1 Å². The van der Waals surface area contributed by atoms with Crippen LogP contribution in [0.2, 0.25) is 0 Å². The first-order valence-electron chi connectivity index (χ1n) is 11.4. The summed E-state index contributed by atoms with van der Waals surface area (Å²) in [7, 11) is 1.67. The quantitative estimate of drug-likeness (QED) is 0.426. The summed E-state index contributed by atoms with van der Waals surface area (Å²) in [4.78, 5) is 6.92. The van der Waals surface area contributed by atoms with E-state index in [4.69, 9.17) is 26.5 Å². The molecule has 1 aliphatic heterocycles. The van der Waals surface area contributed by atoms with Crippen molar-refractivity contribution in [3.05, 3.63) is 71.2 Å². The van der Waals surface area contributed by atoms with E-state index in [9.17, 15) is 0 Å². The van der Waals surface area contributed by atoms with Gasteiger partial charge in [-0.05, 0) is 55.2 Å². The van der Waals surface area contributed by atoms with Gasteiger partial charge in [-0.15, -0.1) is 0 Å². The Bertz CT molecular complexity index is 1150. The Morgan fingerprint density at radius 3 is 2.64 bits per heavy atom. The lowest BCUT2D eigenvalue weighted by Crippen LogP contribution is -2.46. The number of hydrogen-bond donors (Lipinski definition) is 1. The molecule has 6 nitrogen and oxygen atoms in total. The molecule has 3 aromatic rings. The smallest absolute Gasteiger partial charge is 0.258 e. The van der Waals surface area contributed by atoms with E-state index in [0.717, 1.165) is 54.0 Å². The molecule has 172 valence electrons. The van der Waals surface area contributed by atoms with E-state index in [1.165, 1.54) is 5.56 Å². The Balaban J connectivity index is 1.78. The molecule has 0 spiro atoms. The van der Waals surface area contributed by atoms with Crippen molar-refractivity contribution in [2.24, 2.45) is 0 Å². The van der Waals surface area contributed by atoms with E-state index in [2.05, 4.69) is 54.3 Å². The van der Waals surface area contributed by atoms with Crippen LogP contribution in [0.3, 0.4) is 0 Å². The number of aromatic nitrogens is 2. The molecule has 0 radical (unpaired) electrons. The molecule has 1 unspecified atom stereocenters. The standard InChI is InChI=1S/C26H30N4O2S/c1-5-7-15-30-17(3)22(23(27-26(30)33)20-9-8-10-21(16-20)31-4)25-28-24(29-32-25)19-13-11-18(6-2)12-14-19/h8-14,16,23H,5-7,15H2,1-4H3,(H,27,33). The fourth-order valence-electron chi connectivity index (χ4n) is 4.05. The van der Waals surface area contributed by atoms with E-state index in [0.29, 0.717) is 16.8 Å². The van der Waals surface area contributed by atoms with E-state index < -0.39 is 0 Å². The maximum absolute atomic E-state index is 5.82. The molecule has 0 amide bonds. The average Bonchev–Trinajstić information content (AvgIpc) is 3.33. The van der Waals surface area contributed by atoms with Crippen molar-refractivity contribution in [1.82, 2.24) is 20.4 Å². The van der Waals surface area contributed by atoms with Gasteiger partial charge in [0.15, 0.2) is 5.11 Å². The highest BCUT2D eigenvalue weighted by Gasteiger charge is 2.34. The lowest BCUT2D eigenvalue weighted by atomic mass is 9.94. The van der Waals surface area contributed by atoms with Crippen LogP contribution in [0.15, 0.2) is 58.8 Å². The molecule has 0 bridgehead atoms. The monoisotopic (exact) mass is 462 g/mol. The molecule has 2 aromatic carbocycles. The number of hydrogen-bond acceptors (Lipinski definition) is 5. The molecule has 0 aliphatic carbocycles. The minimum absolute atomic E-state index is 0.221. The van der Waals surface area contributed by atoms with Gasteiger partial charge in [0.25, 0.3) is 5.89 Å². The second-order valence-electron chi connectivity index (χ2n) is 8.14. The van der Waals surface area contributed by atoms with Crippen molar-refractivity contribution in [2.75, 3.05) is 13.7 Å². The van der Waals surface area contributed by atoms with Gasteiger partial charge in [0, 0.05) is 17.8 Å². The third-order valence-electron chi connectivity index (χ3n) is 6.04. The summed E-state index contributed by atoms with van der Waals surface area (Å²) in [5.41, 5.74) is 5.18. The molecule has 0 fully saturated rings. The molecule has 1 N–H and O–H groups in total. The van der Waals surface area contributed by atoms with Crippen molar-refractivity contribution in [2.45, 2.75) is 46.1 Å². The molecule has 0 saturated heterocycles. The molecular formula is C26H30N4O2S. The fraction of sp³-hybridized carbons (Fsp3) is 0.346. The lowest BCUT2D eigenvalue weighted by Gasteiger charge is -2.37. The highest BCUT2D eigenvalue weighted by Crippen LogP contribution is 2.38. The van der Waals surface area contributed by atoms with Gasteiger partial charge in [0.1, 0.15) is 5.75 Å². The average molecular weight is 463 g/mol. The van der Waals surface area contributed by atoms with Gasteiger partial charge in [0.2, 0.25) is 5.82 Å². The summed E-state index contributed by atoms with van der Waals surface area (Å²) >= 11 is 5.75. The summed E-state index contributed by atoms with van der Waals surface area (Å²) in [6.07, 6.45) is 3.11. The Morgan fingerprint density at radius 2 is 1.94 bits per heavy atom. The number of unbranched alkanes of at least 4 members (excludes halogenated alkanes) is 1. The van der Waals surface area contributed by atoms with Crippen LogP contribution in [0, 0.1) is 0 Å². The van der Waals surface area contributed by atoms with E-state index in [-0.39, 0.29) is 6.04 Å². The van der Waals surface area contributed by atoms with Crippen LogP contribution in [0.1, 0.15) is 56.7 Å². The number of ether oxygens (including phenoxy) is 1. The van der Waals surface area contributed by atoms with Crippen LogP contribution in [0.4, 0.5) is 0 Å². The van der Waals surface area contributed by atoms with Gasteiger partial charge in [-0.25, -0.2) is 0 Å². The van der Waals surface area contributed by atoms with Crippen molar-refractivity contribution in [3.63, 3.8) is 0 Å². The van der Waals surface area contributed by atoms with Crippen LogP contribution in [0.5, 0.6) is 5.75 Å². The van der Waals surface area contributed by atoms with Gasteiger partial charge < -0.3 is 19.5 Å². The molecule has 7 heteroatoms. The number of benzene rings is 2. The summed E-state index contributed by atoms with van der Waals surface area (Å²) in [6, 6.07) is 16.0. The van der Waals surface area contributed by atoms with Crippen LogP contribution < -0.4 is 10.1 Å². The van der Waals surface area contributed by atoms with Crippen molar-refractivity contribution >= 4 is 22.9 Å². The lowest BCUT2D eigenvalue weighted by molar-refractivity contribution is 0.395. The van der Waals surface area contributed by atoms with E-state index >= 15 is 0 Å². The zero-order valence-electron chi connectivity index (χ0n) is 19.6. The topological polar surface area (TPSA) is 63.4 Å². The minimum atomic E-state index is -0.221. The number of nitrogens with one attached hydrogen (secondary N) is 1. The highest BCUT2D eigenvalue weighted by atomic mass is 32.1. The Labute approximate surface area is 200 Å². The van der Waals surface area contributed by atoms with Crippen molar-refractivity contribution in [1.29, 1.82) is 0 Å². The fourth-order valence-corrected chi connectivity index (χ4v) is 4.40. The minimum Gasteiger partial charge on any atom is -0.497 e. The predicted octanol–water partition coefficient (Wildman–Crippen LogP) is 5.77. The summed E-state index contributed by atoms with van der Waals surface area (Å²) < 4.78 is 11.3. The van der Waals surface area contributed by atoms with Gasteiger partial charge >= 0.3 is 0 Å². The van der Waals surface area contributed by atoms with Gasteiger partial charge in [0.05, 0.1) is 18.7 Å².